The van der Waals surface area contributed by atoms with Crippen molar-refractivity contribution in [2.45, 2.75) is 25.8 Å². The third-order valence-corrected chi connectivity index (χ3v) is 8.39. The number of alkyl halides is 3. The van der Waals surface area contributed by atoms with Crippen molar-refractivity contribution >= 4 is 17.8 Å². The lowest BCUT2D eigenvalue weighted by molar-refractivity contribution is -0.274. The summed E-state index contributed by atoms with van der Waals surface area (Å²) in [5, 5.41) is 0. The number of benzene rings is 2. The Kier molecular flexibility index (Phi) is 8.85. The number of fused-ring (bicyclic) bond motifs is 3. The number of nitrogens with zero attached hydrogens (tertiary/aromatic N) is 5. The van der Waals surface area contributed by atoms with Gasteiger partial charge in [-0.15, -0.1) is 13.2 Å². The van der Waals surface area contributed by atoms with Crippen molar-refractivity contribution in [1.82, 2.24) is 19.8 Å². The van der Waals surface area contributed by atoms with Gasteiger partial charge < -0.3 is 35.5 Å². The standard InChI is InChI=1S/C31H36F3N7O4/c32-31(33,34)45-23-4-1-20(2-5-23)19-44-24-6-8-25-22(15-24)3-7-26-27(25)37-29(35)38-28(26)40-11-9-39(10-12-40)13-14-43-18-21-16-41(17-21)30(36)42/h1-2,4-6,8,15,21H,3,7,9-14,16-19H2,(H2,36,42)(H2,35,37,38). The van der Waals surface area contributed by atoms with Gasteiger partial charge in [0.15, 0.2) is 0 Å². The van der Waals surface area contributed by atoms with Crippen LogP contribution in [0.15, 0.2) is 42.5 Å². The maximum atomic E-state index is 12.4. The van der Waals surface area contributed by atoms with E-state index >= 15 is 0 Å². The summed E-state index contributed by atoms with van der Waals surface area (Å²) in [6.45, 7) is 7.10. The number of hydrogen-bond acceptors (Lipinski definition) is 9. The molecule has 1 aromatic heterocycles. The number of carbonyl (C=O) groups is 1. The third-order valence-electron chi connectivity index (χ3n) is 8.39. The second-order valence-electron chi connectivity index (χ2n) is 11.5. The first-order valence-corrected chi connectivity index (χ1v) is 15.0. The number of piperazine rings is 1. The van der Waals surface area contributed by atoms with Gasteiger partial charge in [-0.25, -0.2) is 9.78 Å². The van der Waals surface area contributed by atoms with Crippen LogP contribution in [0.25, 0.3) is 11.3 Å². The third kappa shape index (κ3) is 7.51. The van der Waals surface area contributed by atoms with E-state index in [1.807, 2.05) is 18.2 Å². The highest BCUT2D eigenvalue weighted by Crippen LogP contribution is 2.38. The maximum Gasteiger partial charge on any atom is 0.573 e. The maximum absolute atomic E-state index is 12.4. The number of rotatable bonds is 10. The van der Waals surface area contributed by atoms with Crippen molar-refractivity contribution < 1.29 is 32.2 Å². The Morgan fingerprint density at radius 1 is 0.978 bits per heavy atom. The molecule has 1 aliphatic carbocycles. The Labute approximate surface area is 258 Å². The van der Waals surface area contributed by atoms with Crippen LogP contribution in [0.5, 0.6) is 11.5 Å². The minimum atomic E-state index is -4.73. The Bertz CT molecular complexity index is 1510. The summed E-state index contributed by atoms with van der Waals surface area (Å²) < 4.78 is 53.0. The average Bonchev–Trinajstić information content (AvgIpc) is 2.98. The number of carbonyl (C=O) groups excluding carboxylic acids is 1. The summed E-state index contributed by atoms with van der Waals surface area (Å²) in [6, 6.07) is 11.1. The number of hydrogen-bond donors (Lipinski definition) is 2. The second kappa shape index (κ2) is 13.0. The molecule has 3 heterocycles. The molecule has 2 saturated heterocycles. The fourth-order valence-corrected chi connectivity index (χ4v) is 6.00. The molecule has 45 heavy (non-hydrogen) atoms. The zero-order valence-electron chi connectivity index (χ0n) is 24.8. The molecule has 0 saturated carbocycles. The molecule has 0 spiro atoms. The molecule has 11 nitrogen and oxygen atoms in total. The molecule has 0 radical (unpaired) electrons. The van der Waals surface area contributed by atoms with Gasteiger partial charge in [0.25, 0.3) is 0 Å². The van der Waals surface area contributed by atoms with Gasteiger partial charge >= 0.3 is 12.4 Å². The highest BCUT2D eigenvalue weighted by Gasteiger charge is 2.31. The first kappa shape index (κ1) is 30.7. The lowest BCUT2D eigenvalue weighted by Gasteiger charge is -2.38. The lowest BCUT2D eigenvalue weighted by Crippen LogP contribution is -2.53. The second-order valence-corrected chi connectivity index (χ2v) is 11.5. The van der Waals surface area contributed by atoms with Crippen molar-refractivity contribution in [2.75, 3.05) is 69.7 Å². The van der Waals surface area contributed by atoms with E-state index in [4.69, 9.17) is 20.9 Å². The summed E-state index contributed by atoms with van der Waals surface area (Å²) >= 11 is 0. The number of nitrogen functional groups attached to an aromatic ring is 1. The number of aryl methyl sites for hydroxylation is 1. The Morgan fingerprint density at radius 3 is 2.42 bits per heavy atom. The molecule has 3 aliphatic rings. The van der Waals surface area contributed by atoms with Crippen molar-refractivity contribution in [3.8, 4) is 22.8 Å². The molecule has 2 amide bonds. The number of halogens is 3. The summed E-state index contributed by atoms with van der Waals surface area (Å²) in [6.07, 6.45) is -3.17. The number of urea groups is 1. The van der Waals surface area contributed by atoms with Crippen molar-refractivity contribution in [3.05, 3.63) is 59.2 Å². The topological polar surface area (TPSA) is 132 Å². The van der Waals surface area contributed by atoms with Crippen LogP contribution in [0.2, 0.25) is 0 Å². The molecule has 240 valence electrons. The Balaban J connectivity index is 1.03. The number of aromatic nitrogens is 2. The Morgan fingerprint density at radius 2 is 1.71 bits per heavy atom. The molecule has 4 N–H and O–H groups in total. The van der Waals surface area contributed by atoms with E-state index in [0.717, 1.165) is 79.3 Å². The molecular formula is C31H36F3N7O4. The summed E-state index contributed by atoms with van der Waals surface area (Å²) in [4.78, 5) is 26.7. The predicted octanol–water partition coefficient (Wildman–Crippen LogP) is 3.45. The van der Waals surface area contributed by atoms with Crippen LogP contribution in [-0.2, 0) is 24.2 Å². The van der Waals surface area contributed by atoms with Crippen molar-refractivity contribution in [3.63, 3.8) is 0 Å². The first-order chi connectivity index (χ1) is 21.6. The zero-order chi connectivity index (χ0) is 31.6. The van der Waals surface area contributed by atoms with E-state index in [1.54, 1.807) is 17.0 Å². The normalized spacial score (nSPS) is 17.0. The highest BCUT2D eigenvalue weighted by atomic mass is 19.4. The average molecular weight is 628 g/mol. The SMILES string of the molecule is NC(=O)N1CC(COCCN2CCN(c3nc(N)nc4c3CCc3cc(OCc5ccc(OC(F)(F)F)cc5)ccc3-4)CC2)C1. The van der Waals surface area contributed by atoms with E-state index in [1.165, 1.54) is 12.1 Å². The molecule has 6 rings (SSSR count). The van der Waals surface area contributed by atoms with Gasteiger partial charge in [-0.2, -0.15) is 4.98 Å². The molecule has 2 aromatic carbocycles. The van der Waals surface area contributed by atoms with Gasteiger partial charge in [-0.3, -0.25) is 4.90 Å². The lowest BCUT2D eigenvalue weighted by atomic mass is 9.88. The summed E-state index contributed by atoms with van der Waals surface area (Å²) in [7, 11) is 0. The molecule has 0 bridgehead atoms. The number of likely N-dealkylation sites (tertiary alicyclic amines) is 1. The quantitative estimate of drug-likeness (QED) is 0.325. The van der Waals surface area contributed by atoms with Crippen LogP contribution in [0, 0.1) is 5.92 Å². The minimum absolute atomic E-state index is 0.204. The Hall–Kier alpha value is -4.30. The fraction of sp³-hybridized carbons (Fsp3) is 0.452. The van der Waals surface area contributed by atoms with E-state index < -0.39 is 6.36 Å². The van der Waals surface area contributed by atoms with Gasteiger partial charge in [0.1, 0.15) is 23.9 Å². The van der Waals surface area contributed by atoms with Crippen molar-refractivity contribution in [1.29, 1.82) is 0 Å². The highest BCUT2D eigenvalue weighted by molar-refractivity contribution is 5.76. The van der Waals surface area contributed by atoms with Gasteiger partial charge in [-0.1, -0.05) is 12.1 Å². The van der Waals surface area contributed by atoms with Crippen LogP contribution in [-0.4, -0.2) is 91.2 Å². The van der Waals surface area contributed by atoms with Gasteiger partial charge in [-0.05, 0) is 54.3 Å². The molecule has 2 fully saturated rings. The van der Waals surface area contributed by atoms with Crippen LogP contribution in [0.4, 0.5) is 29.7 Å². The number of primary amides is 1. The molecule has 0 atom stereocenters. The molecule has 3 aromatic rings. The number of amides is 2. The summed E-state index contributed by atoms with van der Waals surface area (Å²) in [5.74, 6) is 1.88. The minimum Gasteiger partial charge on any atom is -0.489 e. The van der Waals surface area contributed by atoms with Gasteiger partial charge in [0.2, 0.25) is 5.95 Å². The van der Waals surface area contributed by atoms with Crippen LogP contribution in [0.3, 0.4) is 0 Å². The van der Waals surface area contributed by atoms with Crippen LogP contribution < -0.4 is 25.8 Å². The number of nitrogens with two attached hydrogens (primary N) is 2. The van der Waals surface area contributed by atoms with Crippen molar-refractivity contribution in [2.24, 2.45) is 11.7 Å². The monoisotopic (exact) mass is 627 g/mol. The zero-order valence-corrected chi connectivity index (χ0v) is 24.8. The largest absolute Gasteiger partial charge is 0.573 e. The van der Waals surface area contributed by atoms with Crippen LogP contribution >= 0.6 is 0 Å². The fourth-order valence-electron chi connectivity index (χ4n) is 6.00. The summed E-state index contributed by atoms with van der Waals surface area (Å²) in [5.41, 5.74) is 16.2. The molecular weight excluding hydrogens is 591 g/mol. The molecule has 0 unspecified atom stereocenters. The van der Waals surface area contributed by atoms with E-state index in [2.05, 4.69) is 24.5 Å². The molecule has 2 aliphatic heterocycles. The first-order valence-electron chi connectivity index (χ1n) is 15.0. The molecule has 14 heteroatoms. The number of ether oxygens (including phenoxy) is 3. The van der Waals surface area contributed by atoms with E-state index in [0.29, 0.717) is 38.0 Å². The van der Waals surface area contributed by atoms with E-state index in [-0.39, 0.29) is 24.3 Å². The smallest absolute Gasteiger partial charge is 0.489 e. The predicted molar refractivity (Wildman–Crippen MR) is 161 cm³/mol. The van der Waals surface area contributed by atoms with Crippen LogP contribution in [0.1, 0.15) is 16.7 Å². The van der Waals surface area contributed by atoms with Gasteiger partial charge in [0.05, 0.1) is 18.9 Å². The number of anilines is 2. The van der Waals surface area contributed by atoms with Gasteiger partial charge in [0, 0.05) is 62.9 Å². The van der Waals surface area contributed by atoms with E-state index in [9.17, 15) is 18.0 Å².